The summed E-state index contributed by atoms with van der Waals surface area (Å²) in [6.45, 7) is 3.45. The SMILES string of the molecule is COc1cc(CN2CCC3(CCC(CNC(=O)c4ccccc4)O3)CC2)cc(OC)c1. The first-order valence-corrected chi connectivity index (χ1v) is 11.0. The van der Waals surface area contributed by atoms with Crippen LogP contribution >= 0.6 is 0 Å². The van der Waals surface area contributed by atoms with Crippen LogP contribution in [0.25, 0.3) is 0 Å². The molecule has 0 radical (unpaired) electrons. The summed E-state index contributed by atoms with van der Waals surface area (Å²) in [7, 11) is 3.36. The number of benzene rings is 2. The minimum Gasteiger partial charge on any atom is -0.497 e. The first-order valence-electron chi connectivity index (χ1n) is 11.0. The maximum absolute atomic E-state index is 12.3. The van der Waals surface area contributed by atoms with Gasteiger partial charge >= 0.3 is 0 Å². The van der Waals surface area contributed by atoms with E-state index in [1.165, 1.54) is 5.56 Å². The predicted octanol–water partition coefficient (Wildman–Crippen LogP) is 3.65. The molecule has 4 rings (SSSR count). The van der Waals surface area contributed by atoms with Crippen LogP contribution in [-0.2, 0) is 11.3 Å². The molecule has 0 aliphatic carbocycles. The van der Waals surface area contributed by atoms with E-state index in [1.54, 1.807) is 14.2 Å². The monoisotopic (exact) mass is 424 g/mol. The Balaban J connectivity index is 1.25. The van der Waals surface area contributed by atoms with Crippen LogP contribution in [0.3, 0.4) is 0 Å². The van der Waals surface area contributed by atoms with Gasteiger partial charge in [0.05, 0.1) is 25.9 Å². The molecule has 1 N–H and O–H groups in total. The van der Waals surface area contributed by atoms with Gasteiger partial charge in [-0.1, -0.05) is 18.2 Å². The smallest absolute Gasteiger partial charge is 0.251 e. The number of nitrogens with one attached hydrogen (secondary N) is 1. The molecule has 2 aromatic carbocycles. The highest BCUT2D eigenvalue weighted by Gasteiger charge is 2.42. The Hall–Kier alpha value is -2.57. The Labute approximate surface area is 184 Å². The average molecular weight is 425 g/mol. The lowest BCUT2D eigenvalue weighted by Crippen LogP contribution is -2.44. The van der Waals surface area contributed by atoms with Crippen molar-refractivity contribution in [3.63, 3.8) is 0 Å². The highest BCUT2D eigenvalue weighted by molar-refractivity contribution is 5.94. The summed E-state index contributed by atoms with van der Waals surface area (Å²) in [5.74, 6) is 1.61. The number of hydrogen-bond acceptors (Lipinski definition) is 5. The minimum atomic E-state index is -0.0370. The Morgan fingerprint density at radius 2 is 1.74 bits per heavy atom. The second-order valence-corrected chi connectivity index (χ2v) is 8.53. The van der Waals surface area contributed by atoms with Crippen molar-refractivity contribution in [2.75, 3.05) is 33.9 Å². The molecule has 1 atom stereocenters. The number of piperidine rings is 1. The molecule has 6 nitrogen and oxygen atoms in total. The van der Waals surface area contributed by atoms with Crippen molar-refractivity contribution in [1.82, 2.24) is 10.2 Å². The van der Waals surface area contributed by atoms with Gasteiger partial charge < -0.3 is 19.5 Å². The van der Waals surface area contributed by atoms with Gasteiger partial charge in [0.2, 0.25) is 0 Å². The van der Waals surface area contributed by atoms with Gasteiger partial charge in [-0.25, -0.2) is 0 Å². The number of hydrogen-bond donors (Lipinski definition) is 1. The average Bonchev–Trinajstić information content (AvgIpc) is 3.22. The van der Waals surface area contributed by atoms with E-state index in [-0.39, 0.29) is 17.6 Å². The quantitative estimate of drug-likeness (QED) is 0.735. The summed E-state index contributed by atoms with van der Waals surface area (Å²) in [5.41, 5.74) is 1.85. The van der Waals surface area contributed by atoms with Gasteiger partial charge in [0.1, 0.15) is 11.5 Å². The largest absolute Gasteiger partial charge is 0.497 e. The third-order valence-electron chi connectivity index (χ3n) is 6.45. The van der Waals surface area contributed by atoms with Crippen LogP contribution in [0.1, 0.15) is 41.6 Å². The maximum atomic E-state index is 12.3. The molecule has 31 heavy (non-hydrogen) atoms. The fourth-order valence-electron chi connectivity index (χ4n) is 4.64. The van der Waals surface area contributed by atoms with Crippen molar-refractivity contribution in [2.45, 2.75) is 43.9 Å². The van der Waals surface area contributed by atoms with Gasteiger partial charge in [-0.3, -0.25) is 9.69 Å². The Morgan fingerprint density at radius 1 is 1.06 bits per heavy atom. The van der Waals surface area contributed by atoms with Crippen LogP contribution in [0.5, 0.6) is 11.5 Å². The number of carbonyl (C=O) groups is 1. The van der Waals surface area contributed by atoms with Crippen LogP contribution in [-0.4, -0.2) is 56.4 Å². The number of carbonyl (C=O) groups excluding carboxylic acids is 1. The van der Waals surface area contributed by atoms with Gasteiger partial charge in [-0.2, -0.15) is 0 Å². The van der Waals surface area contributed by atoms with Gasteiger partial charge in [-0.15, -0.1) is 0 Å². The molecule has 166 valence electrons. The molecule has 2 heterocycles. The maximum Gasteiger partial charge on any atom is 0.251 e. The number of rotatable bonds is 7. The lowest BCUT2D eigenvalue weighted by atomic mass is 9.88. The number of methoxy groups -OCH3 is 2. The van der Waals surface area contributed by atoms with E-state index >= 15 is 0 Å². The molecule has 2 aliphatic rings. The van der Waals surface area contributed by atoms with Crippen molar-refractivity contribution in [2.24, 2.45) is 0 Å². The zero-order valence-electron chi connectivity index (χ0n) is 18.4. The van der Waals surface area contributed by atoms with E-state index in [1.807, 2.05) is 36.4 Å². The highest BCUT2D eigenvalue weighted by Crippen LogP contribution is 2.39. The van der Waals surface area contributed by atoms with Crippen molar-refractivity contribution in [3.8, 4) is 11.5 Å². The molecule has 1 unspecified atom stereocenters. The lowest BCUT2D eigenvalue weighted by Gasteiger charge is -2.39. The Bertz CT molecular complexity index is 856. The van der Waals surface area contributed by atoms with Gasteiger partial charge in [0, 0.05) is 37.8 Å². The van der Waals surface area contributed by atoms with Crippen LogP contribution in [0.4, 0.5) is 0 Å². The van der Waals surface area contributed by atoms with Gasteiger partial charge in [0.15, 0.2) is 0 Å². The van der Waals surface area contributed by atoms with E-state index < -0.39 is 0 Å². The van der Waals surface area contributed by atoms with Gasteiger partial charge in [-0.05, 0) is 55.5 Å². The van der Waals surface area contributed by atoms with E-state index in [0.717, 1.165) is 56.8 Å². The van der Waals surface area contributed by atoms with E-state index in [4.69, 9.17) is 14.2 Å². The normalized spacial score (nSPS) is 20.5. The molecule has 2 fully saturated rings. The summed E-state index contributed by atoms with van der Waals surface area (Å²) in [4.78, 5) is 14.8. The summed E-state index contributed by atoms with van der Waals surface area (Å²) in [5, 5.41) is 3.03. The fraction of sp³-hybridized carbons (Fsp3) is 0.480. The first-order chi connectivity index (χ1) is 15.1. The highest BCUT2D eigenvalue weighted by atomic mass is 16.5. The molecule has 0 aromatic heterocycles. The minimum absolute atomic E-state index is 0.0336. The zero-order chi connectivity index (χ0) is 21.7. The third-order valence-corrected chi connectivity index (χ3v) is 6.45. The third kappa shape index (κ3) is 5.38. The molecule has 2 saturated heterocycles. The molecular formula is C25H32N2O4. The molecule has 0 saturated carbocycles. The van der Waals surface area contributed by atoms with Gasteiger partial charge in [0.25, 0.3) is 5.91 Å². The molecular weight excluding hydrogens is 392 g/mol. The number of nitrogens with zero attached hydrogens (tertiary/aromatic N) is 1. The zero-order valence-corrected chi connectivity index (χ0v) is 18.4. The second kappa shape index (κ2) is 9.71. The number of likely N-dealkylation sites (tertiary alicyclic amines) is 1. The second-order valence-electron chi connectivity index (χ2n) is 8.53. The molecule has 0 bridgehead atoms. The van der Waals surface area contributed by atoms with Crippen molar-refractivity contribution in [1.29, 1.82) is 0 Å². The van der Waals surface area contributed by atoms with E-state index in [2.05, 4.69) is 22.3 Å². The van der Waals surface area contributed by atoms with Crippen molar-refractivity contribution < 1.29 is 19.0 Å². The van der Waals surface area contributed by atoms with E-state index in [0.29, 0.717) is 12.1 Å². The van der Waals surface area contributed by atoms with E-state index in [9.17, 15) is 4.79 Å². The van der Waals surface area contributed by atoms with Crippen LogP contribution in [0.15, 0.2) is 48.5 Å². The topological polar surface area (TPSA) is 60.0 Å². The standard InChI is InChI=1S/C25H32N2O4/c1-29-22-14-19(15-23(16-22)30-2)18-27-12-10-25(11-13-27)9-8-21(31-25)17-26-24(28)20-6-4-3-5-7-20/h3-7,14-16,21H,8-13,17-18H2,1-2H3,(H,26,28). The summed E-state index contributed by atoms with van der Waals surface area (Å²) >= 11 is 0. The molecule has 2 aliphatic heterocycles. The van der Waals surface area contributed by atoms with Crippen molar-refractivity contribution >= 4 is 5.91 Å². The molecule has 2 aromatic rings. The number of amides is 1. The molecule has 6 heteroatoms. The predicted molar refractivity (Wildman–Crippen MR) is 120 cm³/mol. The van der Waals surface area contributed by atoms with Crippen molar-refractivity contribution in [3.05, 3.63) is 59.7 Å². The first kappa shape index (κ1) is 21.7. The summed E-state index contributed by atoms with van der Waals surface area (Å²) in [6.07, 6.45) is 4.22. The van der Waals surface area contributed by atoms with Crippen LogP contribution in [0.2, 0.25) is 0 Å². The van der Waals surface area contributed by atoms with Crippen LogP contribution in [0, 0.1) is 0 Å². The summed E-state index contributed by atoms with van der Waals surface area (Å²) in [6, 6.07) is 15.4. The van der Waals surface area contributed by atoms with Crippen LogP contribution < -0.4 is 14.8 Å². The lowest BCUT2D eigenvalue weighted by molar-refractivity contribution is -0.0764. The summed E-state index contributed by atoms with van der Waals surface area (Å²) < 4.78 is 17.3. The fourth-order valence-corrected chi connectivity index (χ4v) is 4.64. The molecule has 1 amide bonds. The Kier molecular flexibility index (Phi) is 6.78. The number of ether oxygens (including phenoxy) is 3. The Morgan fingerprint density at radius 3 is 2.39 bits per heavy atom. The molecule has 1 spiro atoms.